The maximum atomic E-state index is 12.8. The fourth-order valence-electron chi connectivity index (χ4n) is 2.34. The molecule has 0 aliphatic heterocycles. The van der Waals surface area contributed by atoms with E-state index in [-0.39, 0.29) is 22.7 Å². The van der Waals surface area contributed by atoms with Gasteiger partial charge in [0, 0.05) is 23.1 Å². The third-order valence-corrected chi connectivity index (χ3v) is 3.62. The highest BCUT2D eigenvalue weighted by Crippen LogP contribution is 2.30. The minimum atomic E-state index is -4.54. The summed E-state index contributed by atoms with van der Waals surface area (Å²) in [5.74, 6) is -0.539. The van der Waals surface area contributed by atoms with Crippen LogP contribution >= 0.6 is 0 Å². The Morgan fingerprint density at radius 3 is 2.44 bits per heavy atom. The number of phenolic OH excluding ortho intramolecular Hbond substituents is 1. The second kappa shape index (κ2) is 7.36. The topological polar surface area (TPSA) is 74.2 Å². The molecule has 0 unspecified atom stereocenters. The van der Waals surface area contributed by atoms with Gasteiger partial charge in [0.2, 0.25) is 0 Å². The number of anilines is 3. The summed E-state index contributed by atoms with van der Waals surface area (Å²) in [5, 5.41) is 15.1. The normalized spacial score (nSPS) is 11.1. The molecule has 0 bridgehead atoms. The van der Waals surface area contributed by atoms with Crippen molar-refractivity contribution in [1.82, 2.24) is 4.98 Å². The summed E-state index contributed by atoms with van der Waals surface area (Å²) in [4.78, 5) is 15.6. The summed E-state index contributed by atoms with van der Waals surface area (Å²) >= 11 is 0. The molecule has 2 aromatic carbocycles. The Kier molecular flexibility index (Phi) is 4.98. The zero-order valence-electron chi connectivity index (χ0n) is 13.8. The molecule has 3 rings (SSSR count). The number of nitrogens with zero attached hydrogens (tertiary/aromatic N) is 1. The van der Waals surface area contributed by atoms with Crippen molar-refractivity contribution in [3.05, 3.63) is 78.1 Å². The molecule has 0 aliphatic rings. The van der Waals surface area contributed by atoms with Crippen LogP contribution in [0, 0.1) is 0 Å². The molecular formula is C19H14F3N3O2. The zero-order chi connectivity index (χ0) is 19.4. The number of rotatable bonds is 4. The number of carbonyl (C=O) groups excluding carboxylic acids is 1. The predicted molar refractivity (Wildman–Crippen MR) is 95.0 cm³/mol. The lowest BCUT2D eigenvalue weighted by molar-refractivity contribution is -0.141. The van der Waals surface area contributed by atoms with Crippen molar-refractivity contribution in [1.29, 1.82) is 0 Å². The van der Waals surface area contributed by atoms with Crippen molar-refractivity contribution in [2.75, 3.05) is 10.6 Å². The average Bonchev–Trinajstić information content (AvgIpc) is 2.63. The van der Waals surface area contributed by atoms with E-state index in [2.05, 4.69) is 15.6 Å². The molecule has 138 valence electrons. The van der Waals surface area contributed by atoms with Gasteiger partial charge in [-0.3, -0.25) is 9.78 Å². The van der Waals surface area contributed by atoms with E-state index >= 15 is 0 Å². The van der Waals surface area contributed by atoms with Crippen molar-refractivity contribution in [2.45, 2.75) is 6.18 Å². The van der Waals surface area contributed by atoms with Gasteiger partial charge in [0.05, 0.1) is 5.69 Å². The first-order chi connectivity index (χ1) is 12.8. The van der Waals surface area contributed by atoms with E-state index in [4.69, 9.17) is 0 Å². The lowest BCUT2D eigenvalue weighted by Gasteiger charge is -2.11. The Labute approximate surface area is 152 Å². The van der Waals surface area contributed by atoms with Crippen LogP contribution in [0.2, 0.25) is 0 Å². The molecule has 1 aromatic heterocycles. The van der Waals surface area contributed by atoms with Crippen LogP contribution in [0.5, 0.6) is 5.75 Å². The van der Waals surface area contributed by atoms with Gasteiger partial charge in [-0.1, -0.05) is 18.2 Å². The minimum Gasteiger partial charge on any atom is -0.506 e. The second-order valence-electron chi connectivity index (χ2n) is 5.60. The Morgan fingerprint density at radius 2 is 1.70 bits per heavy atom. The molecule has 0 radical (unpaired) electrons. The van der Waals surface area contributed by atoms with Gasteiger partial charge in [0.25, 0.3) is 5.91 Å². The number of pyridine rings is 1. The second-order valence-corrected chi connectivity index (χ2v) is 5.60. The molecule has 0 fully saturated rings. The number of halogens is 3. The molecule has 27 heavy (non-hydrogen) atoms. The van der Waals surface area contributed by atoms with E-state index in [0.717, 1.165) is 12.3 Å². The number of benzene rings is 2. The lowest BCUT2D eigenvalue weighted by atomic mass is 10.1. The third kappa shape index (κ3) is 4.55. The van der Waals surface area contributed by atoms with Crippen LogP contribution in [-0.4, -0.2) is 16.0 Å². The quantitative estimate of drug-likeness (QED) is 0.574. The first kappa shape index (κ1) is 18.2. The van der Waals surface area contributed by atoms with Crippen LogP contribution in [0.1, 0.15) is 16.1 Å². The van der Waals surface area contributed by atoms with E-state index < -0.39 is 17.8 Å². The van der Waals surface area contributed by atoms with Gasteiger partial charge in [-0.05, 0) is 42.5 Å². The Hall–Kier alpha value is -3.55. The first-order valence-electron chi connectivity index (χ1n) is 7.82. The first-order valence-corrected chi connectivity index (χ1v) is 7.82. The number of carbonyl (C=O) groups is 1. The van der Waals surface area contributed by atoms with Crippen LogP contribution in [-0.2, 0) is 6.18 Å². The standard InChI is InChI=1S/C19H14F3N3O2/c20-19(21,22)17-11-14(8-9-23-17)24-13-5-3-4-12(10-13)18(27)25-15-6-1-2-7-16(15)26/h1-11,26H,(H,23,24)(H,25,27). The molecule has 3 N–H and O–H groups in total. The molecule has 0 saturated heterocycles. The Morgan fingerprint density at radius 1 is 0.963 bits per heavy atom. The number of para-hydroxylation sites is 2. The van der Waals surface area contributed by atoms with Crippen molar-refractivity contribution < 1.29 is 23.1 Å². The number of amides is 1. The van der Waals surface area contributed by atoms with Gasteiger partial charge in [0.1, 0.15) is 11.4 Å². The van der Waals surface area contributed by atoms with E-state index in [1.165, 1.54) is 18.2 Å². The summed E-state index contributed by atoms with van der Waals surface area (Å²) < 4.78 is 38.3. The third-order valence-electron chi connectivity index (χ3n) is 3.62. The van der Waals surface area contributed by atoms with Gasteiger partial charge in [-0.2, -0.15) is 13.2 Å². The van der Waals surface area contributed by atoms with Crippen LogP contribution in [0.3, 0.4) is 0 Å². The Balaban J connectivity index is 1.78. The molecule has 0 aliphatic carbocycles. The highest BCUT2D eigenvalue weighted by atomic mass is 19.4. The van der Waals surface area contributed by atoms with Crippen molar-refractivity contribution in [3.63, 3.8) is 0 Å². The summed E-state index contributed by atoms with van der Waals surface area (Å²) in [5.41, 5.74) is 0.133. The SMILES string of the molecule is O=C(Nc1ccccc1O)c1cccc(Nc2ccnc(C(F)(F)F)c2)c1. The van der Waals surface area contributed by atoms with Crippen molar-refractivity contribution in [2.24, 2.45) is 0 Å². The van der Waals surface area contributed by atoms with Gasteiger partial charge in [-0.25, -0.2) is 0 Å². The van der Waals surface area contributed by atoms with Crippen LogP contribution in [0.4, 0.5) is 30.2 Å². The van der Waals surface area contributed by atoms with E-state index in [0.29, 0.717) is 5.69 Å². The van der Waals surface area contributed by atoms with E-state index in [9.17, 15) is 23.1 Å². The largest absolute Gasteiger partial charge is 0.506 e. The number of alkyl halides is 3. The van der Waals surface area contributed by atoms with Crippen LogP contribution in [0.15, 0.2) is 66.9 Å². The molecule has 5 nitrogen and oxygen atoms in total. The monoisotopic (exact) mass is 373 g/mol. The zero-order valence-corrected chi connectivity index (χ0v) is 13.8. The summed E-state index contributed by atoms with van der Waals surface area (Å²) in [6.45, 7) is 0. The maximum Gasteiger partial charge on any atom is 0.433 e. The predicted octanol–water partition coefficient (Wildman–Crippen LogP) is 4.80. The van der Waals surface area contributed by atoms with Gasteiger partial charge in [-0.15, -0.1) is 0 Å². The summed E-state index contributed by atoms with van der Waals surface area (Å²) in [6.07, 6.45) is -3.49. The fourth-order valence-corrected chi connectivity index (χ4v) is 2.34. The number of aromatic hydroxyl groups is 1. The average molecular weight is 373 g/mol. The van der Waals surface area contributed by atoms with E-state index in [1.807, 2.05) is 0 Å². The molecule has 0 atom stereocenters. The molecule has 8 heteroatoms. The maximum absolute atomic E-state index is 12.8. The number of hydrogen-bond acceptors (Lipinski definition) is 4. The molecular weight excluding hydrogens is 359 g/mol. The lowest BCUT2D eigenvalue weighted by Crippen LogP contribution is -2.12. The van der Waals surface area contributed by atoms with Gasteiger partial charge < -0.3 is 15.7 Å². The number of nitrogens with one attached hydrogen (secondary N) is 2. The molecule has 3 aromatic rings. The molecule has 1 heterocycles. The van der Waals surface area contributed by atoms with Crippen molar-refractivity contribution in [3.8, 4) is 5.75 Å². The molecule has 0 saturated carbocycles. The van der Waals surface area contributed by atoms with E-state index in [1.54, 1.807) is 36.4 Å². The fraction of sp³-hybridized carbons (Fsp3) is 0.0526. The number of phenols is 1. The smallest absolute Gasteiger partial charge is 0.433 e. The van der Waals surface area contributed by atoms with Gasteiger partial charge in [0.15, 0.2) is 0 Å². The highest BCUT2D eigenvalue weighted by Gasteiger charge is 2.32. The number of hydrogen-bond donors (Lipinski definition) is 3. The molecule has 1 amide bonds. The molecule has 0 spiro atoms. The van der Waals surface area contributed by atoms with Crippen molar-refractivity contribution >= 4 is 23.0 Å². The van der Waals surface area contributed by atoms with Crippen LogP contribution < -0.4 is 10.6 Å². The highest BCUT2D eigenvalue weighted by molar-refractivity contribution is 6.05. The number of aromatic nitrogens is 1. The summed E-state index contributed by atoms with van der Waals surface area (Å²) in [6, 6.07) is 14.8. The van der Waals surface area contributed by atoms with Gasteiger partial charge >= 0.3 is 6.18 Å². The minimum absolute atomic E-state index is 0.0726. The Bertz CT molecular complexity index is 974. The van der Waals surface area contributed by atoms with Crippen LogP contribution in [0.25, 0.3) is 0 Å². The summed E-state index contributed by atoms with van der Waals surface area (Å²) in [7, 11) is 0.